The second-order valence-electron chi connectivity index (χ2n) is 3.87. The predicted molar refractivity (Wildman–Crippen MR) is 65.7 cm³/mol. The molecule has 0 unspecified atom stereocenters. The molecule has 0 radical (unpaired) electrons. The lowest BCUT2D eigenvalue weighted by molar-refractivity contribution is 0.465. The topological polar surface area (TPSA) is 38.9 Å². The minimum Gasteiger partial charge on any atom is -0.410 e. The van der Waals surface area contributed by atoms with Gasteiger partial charge in [-0.3, -0.25) is 0 Å². The van der Waals surface area contributed by atoms with Crippen LogP contribution < -0.4 is 0 Å². The highest BCUT2D eigenvalue weighted by Crippen LogP contribution is 2.35. The lowest BCUT2D eigenvalue weighted by Crippen LogP contribution is -1.92. The highest BCUT2D eigenvalue weighted by molar-refractivity contribution is 7.99. The van der Waals surface area contributed by atoms with Crippen LogP contribution in [0.1, 0.15) is 25.7 Å². The Balaban J connectivity index is 1.72. The fourth-order valence-corrected chi connectivity index (χ4v) is 3.62. The fraction of sp³-hybridized carbons (Fsp3) is 0.455. The van der Waals surface area contributed by atoms with Crippen molar-refractivity contribution >= 4 is 23.1 Å². The summed E-state index contributed by atoms with van der Waals surface area (Å²) in [6.07, 6.45) is 5.23. The van der Waals surface area contributed by atoms with Crippen LogP contribution in [0.2, 0.25) is 0 Å². The molecule has 1 fully saturated rings. The van der Waals surface area contributed by atoms with Gasteiger partial charge in [-0.1, -0.05) is 30.7 Å². The summed E-state index contributed by atoms with van der Waals surface area (Å²) in [7, 11) is 0. The molecule has 2 aromatic rings. The lowest BCUT2D eigenvalue weighted by atomic mass is 10.4. The maximum Gasteiger partial charge on any atom is 0.277 e. The van der Waals surface area contributed by atoms with Gasteiger partial charge < -0.3 is 4.42 Å². The molecule has 5 heteroatoms. The molecular formula is C11H12N2OS2. The second-order valence-corrected chi connectivity index (χ2v) is 6.07. The van der Waals surface area contributed by atoms with Gasteiger partial charge in [0.1, 0.15) is 0 Å². The molecule has 1 aliphatic carbocycles. The van der Waals surface area contributed by atoms with E-state index in [2.05, 4.69) is 10.2 Å². The summed E-state index contributed by atoms with van der Waals surface area (Å²) < 4.78 is 5.64. The summed E-state index contributed by atoms with van der Waals surface area (Å²) in [4.78, 5) is 1.05. The number of rotatable bonds is 3. The van der Waals surface area contributed by atoms with Crippen molar-refractivity contribution in [1.29, 1.82) is 0 Å². The average molecular weight is 252 g/mol. The SMILES string of the molecule is c1csc(-c2nnc(SC3CCCC3)o2)c1. The van der Waals surface area contributed by atoms with E-state index < -0.39 is 0 Å². The minimum absolute atomic E-state index is 0.649. The number of thioether (sulfide) groups is 1. The van der Waals surface area contributed by atoms with Crippen LogP contribution in [-0.4, -0.2) is 15.4 Å². The molecule has 2 aromatic heterocycles. The van der Waals surface area contributed by atoms with Gasteiger partial charge in [-0.05, 0) is 24.3 Å². The quantitative estimate of drug-likeness (QED) is 0.832. The third-order valence-corrected chi connectivity index (χ3v) is 4.74. The first kappa shape index (κ1) is 10.4. The van der Waals surface area contributed by atoms with E-state index in [4.69, 9.17) is 4.42 Å². The van der Waals surface area contributed by atoms with Crippen molar-refractivity contribution in [1.82, 2.24) is 10.2 Å². The lowest BCUT2D eigenvalue weighted by Gasteiger charge is -2.02. The van der Waals surface area contributed by atoms with Gasteiger partial charge in [0.2, 0.25) is 0 Å². The van der Waals surface area contributed by atoms with Crippen molar-refractivity contribution in [3.63, 3.8) is 0 Å². The molecule has 0 amide bonds. The average Bonchev–Trinajstić information content (AvgIpc) is 2.99. The van der Waals surface area contributed by atoms with Gasteiger partial charge in [-0.15, -0.1) is 21.5 Å². The maximum atomic E-state index is 5.64. The minimum atomic E-state index is 0.649. The van der Waals surface area contributed by atoms with Gasteiger partial charge in [0.15, 0.2) is 0 Å². The molecule has 1 saturated carbocycles. The Bertz CT molecular complexity index is 446. The van der Waals surface area contributed by atoms with Crippen LogP contribution in [0.4, 0.5) is 0 Å². The van der Waals surface area contributed by atoms with E-state index in [-0.39, 0.29) is 0 Å². The molecule has 2 heterocycles. The number of nitrogens with zero attached hydrogens (tertiary/aromatic N) is 2. The zero-order valence-corrected chi connectivity index (χ0v) is 10.4. The highest BCUT2D eigenvalue weighted by Gasteiger charge is 2.19. The van der Waals surface area contributed by atoms with E-state index in [9.17, 15) is 0 Å². The first-order chi connectivity index (χ1) is 7.92. The van der Waals surface area contributed by atoms with E-state index in [0.717, 1.165) is 10.1 Å². The Labute approximate surface area is 102 Å². The van der Waals surface area contributed by atoms with Gasteiger partial charge in [0.25, 0.3) is 11.1 Å². The zero-order chi connectivity index (χ0) is 10.8. The summed E-state index contributed by atoms with van der Waals surface area (Å²) in [6.45, 7) is 0. The molecular weight excluding hydrogens is 240 g/mol. The summed E-state index contributed by atoms with van der Waals surface area (Å²) in [6, 6.07) is 4.00. The van der Waals surface area contributed by atoms with Crippen molar-refractivity contribution in [3.8, 4) is 10.8 Å². The fourth-order valence-electron chi connectivity index (χ4n) is 1.91. The Hall–Kier alpha value is -0.810. The van der Waals surface area contributed by atoms with Gasteiger partial charge >= 0.3 is 0 Å². The van der Waals surface area contributed by atoms with E-state index in [0.29, 0.717) is 11.1 Å². The zero-order valence-electron chi connectivity index (χ0n) is 8.76. The Morgan fingerprint density at radius 3 is 2.94 bits per heavy atom. The van der Waals surface area contributed by atoms with Gasteiger partial charge in [0, 0.05) is 5.25 Å². The summed E-state index contributed by atoms with van der Waals surface area (Å²) in [5.41, 5.74) is 0. The second kappa shape index (κ2) is 4.59. The molecule has 0 bridgehead atoms. The van der Waals surface area contributed by atoms with Crippen LogP contribution in [0.5, 0.6) is 0 Å². The van der Waals surface area contributed by atoms with Gasteiger partial charge in [-0.25, -0.2) is 0 Å². The van der Waals surface area contributed by atoms with Crippen LogP contribution in [0.15, 0.2) is 27.2 Å². The molecule has 0 atom stereocenters. The number of hydrogen-bond donors (Lipinski definition) is 0. The molecule has 84 valence electrons. The molecule has 0 saturated heterocycles. The van der Waals surface area contributed by atoms with E-state index in [1.54, 1.807) is 23.1 Å². The van der Waals surface area contributed by atoms with Gasteiger partial charge in [0.05, 0.1) is 4.88 Å². The molecule has 0 spiro atoms. The normalized spacial score (nSPS) is 17.0. The number of thiophene rings is 1. The van der Waals surface area contributed by atoms with Crippen molar-refractivity contribution in [3.05, 3.63) is 17.5 Å². The van der Waals surface area contributed by atoms with E-state index in [1.807, 2.05) is 17.5 Å². The van der Waals surface area contributed by atoms with Crippen molar-refractivity contribution < 1.29 is 4.42 Å². The Morgan fingerprint density at radius 2 is 2.19 bits per heavy atom. The van der Waals surface area contributed by atoms with Crippen molar-refractivity contribution in [2.75, 3.05) is 0 Å². The Kier molecular flexibility index (Phi) is 2.97. The standard InChI is InChI=1S/C11H12N2OS2/c1-2-5-8(4-1)16-11-13-12-10(14-11)9-6-3-7-15-9/h3,6-8H,1-2,4-5H2. The number of hydrogen-bond acceptors (Lipinski definition) is 5. The van der Waals surface area contributed by atoms with E-state index >= 15 is 0 Å². The molecule has 16 heavy (non-hydrogen) atoms. The van der Waals surface area contributed by atoms with E-state index in [1.165, 1.54) is 25.7 Å². The van der Waals surface area contributed by atoms with Crippen LogP contribution in [-0.2, 0) is 0 Å². The summed E-state index contributed by atoms with van der Waals surface area (Å²) in [5, 5.41) is 11.6. The monoisotopic (exact) mass is 252 g/mol. The predicted octanol–water partition coefficient (Wildman–Crippen LogP) is 3.83. The largest absolute Gasteiger partial charge is 0.410 e. The highest BCUT2D eigenvalue weighted by atomic mass is 32.2. The maximum absolute atomic E-state index is 5.64. The van der Waals surface area contributed by atoms with Crippen LogP contribution in [0, 0.1) is 0 Å². The molecule has 1 aliphatic rings. The number of aromatic nitrogens is 2. The first-order valence-corrected chi connectivity index (χ1v) is 7.22. The third kappa shape index (κ3) is 2.15. The molecule has 0 aliphatic heterocycles. The smallest absolute Gasteiger partial charge is 0.277 e. The summed E-state index contributed by atoms with van der Waals surface area (Å²) in [5.74, 6) is 0.649. The van der Waals surface area contributed by atoms with Crippen LogP contribution in [0.25, 0.3) is 10.8 Å². The van der Waals surface area contributed by atoms with Crippen LogP contribution >= 0.6 is 23.1 Å². The first-order valence-electron chi connectivity index (χ1n) is 5.46. The molecule has 0 N–H and O–H groups in total. The van der Waals surface area contributed by atoms with Crippen molar-refractivity contribution in [2.24, 2.45) is 0 Å². The van der Waals surface area contributed by atoms with Gasteiger partial charge in [-0.2, -0.15) is 0 Å². The molecule has 0 aromatic carbocycles. The van der Waals surface area contributed by atoms with Crippen molar-refractivity contribution in [2.45, 2.75) is 36.2 Å². The Morgan fingerprint density at radius 1 is 1.31 bits per heavy atom. The molecule has 3 nitrogen and oxygen atoms in total. The van der Waals surface area contributed by atoms with Crippen LogP contribution in [0.3, 0.4) is 0 Å². The summed E-state index contributed by atoms with van der Waals surface area (Å²) >= 11 is 3.36. The third-order valence-electron chi connectivity index (χ3n) is 2.71. The molecule has 3 rings (SSSR count).